The highest BCUT2D eigenvalue weighted by Crippen LogP contribution is 2.16. The van der Waals surface area contributed by atoms with Crippen molar-refractivity contribution in [1.82, 2.24) is 10.2 Å². The average molecular weight is 380 g/mol. The molecule has 2 rings (SSSR count). The number of aldehydes is 1. The summed E-state index contributed by atoms with van der Waals surface area (Å²) in [6.07, 6.45) is 6.26. The zero-order chi connectivity index (χ0) is 20.4. The number of amides is 1. The number of carbonyl (C=O) groups is 3. The third-order valence-electron chi connectivity index (χ3n) is 4.49. The summed E-state index contributed by atoms with van der Waals surface area (Å²) < 4.78 is 0. The largest absolute Gasteiger partial charge is 0.343 e. The Bertz CT molecular complexity index is 845. The molecule has 2 aromatic carbocycles. The molecule has 0 bridgehead atoms. The molecule has 1 unspecified atom stereocenters. The Balaban J connectivity index is 1.78. The maximum atomic E-state index is 12.1. The first-order valence-corrected chi connectivity index (χ1v) is 9.58. The third kappa shape index (κ3) is 7.45. The normalized spacial score (nSPS) is 12.4. The van der Waals surface area contributed by atoms with E-state index in [0.29, 0.717) is 13.0 Å². The summed E-state index contributed by atoms with van der Waals surface area (Å²) in [5.41, 5.74) is 0.935. The van der Waals surface area contributed by atoms with Gasteiger partial charge in [-0.2, -0.15) is 0 Å². The number of nitrogens with one attached hydrogen (secondary N) is 1. The second-order valence-corrected chi connectivity index (χ2v) is 7.13. The maximum absolute atomic E-state index is 12.1. The van der Waals surface area contributed by atoms with Gasteiger partial charge in [0.25, 0.3) is 0 Å². The third-order valence-corrected chi connectivity index (χ3v) is 4.49. The number of rotatable bonds is 11. The van der Waals surface area contributed by atoms with Gasteiger partial charge >= 0.3 is 0 Å². The van der Waals surface area contributed by atoms with Gasteiger partial charge in [-0.05, 0) is 68.3 Å². The summed E-state index contributed by atoms with van der Waals surface area (Å²) in [6.45, 7) is 2.80. The second-order valence-electron chi connectivity index (χ2n) is 7.13. The Morgan fingerprint density at radius 3 is 2.57 bits per heavy atom. The number of ketones is 1. The quantitative estimate of drug-likeness (QED) is 0.369. The van der Waals surface area contributed by atoms with Crippen molar-refractivity contribution in [2.45, 2.75) is 32.2 Å². The van der Waals surface area contributed by atoms with Crippen molar-refractivity contribution < 1.29 is 14.4 Å². The predicted molar refractivity (Wildman–Crippen MR) is 113 cm³/mol. The highest BCUT2D eigenvalue weighted by molar-refractivity contribution is 5.94. The number of hydrogen-bond donors (Lipinski definition) is 1. The molecule has 0 aliphatic rings. The number of unbranched alkanes of at least 4 members (excludes halogenated alkanes) is 1. The van der Waals surface area contributed by atoms with Crippen LogP contribution < -0.4 is 5.32 Å². The van der Waals surface area contributed by atoms with Crippen LogP contribution in [0, 0.1) is 0 Å². The molecule has 0 heterocycles. The SMILES string of the molecule is CC(=O)CN(C)CCCCC(C=O)NC(=O)/C=C/c1ccc2ccccc2c1. The van der Waals surface area contributed by atoms with Gasteiger partial charge in [0.15, 0.2) is 0 Å². The monoisotopic (exact) mass is 380 g/mol. The van der Waals surface area contributed by atoms with Gasteiger partial charge in [-0.25, -0.2) is 0 Å². The van der Waals surface area contributed by atoms with E-state index in [0.717, 1.165) is 42.0 Å². The Kier molecular flexibility index (Phi) is 8.56. The molecule has 28 heavy (non-hydrogen) atoms. The molecule has 0 spiro atoms. The molecule has 0 radical (unpaired) electrons. The molecule has 1 atom stereocenters. The highest BCUT2D eigenvalue weighted by Gasteiger charge is 2.09. The van der Waals surface area contributed by atoms with Crippen molar-refractivity contribution in [3.05, 3.63) is 54.1 Å². The number of Topliss-reactive ketones (excluding diaryl/α,β-unsaturated/α-hetero) is 1. The van der Waals surface area contributed by atoms with Crippen LogP contribution in [0.2, 0.25) is 0 Å². The van der Waals surface area contributed by atoms with Crippen molar-refractivity contribution in [3.63, 3.8) is 0 Å². The van der Waals surface area contributed by atoms with Crippen LogP contribution in [0.1, 0.15) is 31.7 Å². The van der Waals surface area contributed by atoms with E-state index in [9.17, 15) is 14.4 Å². The van der Waals surface area contributed by atoms with Crippen LogP contribution in [-0.2, 0) is 14.4 Å². The molecule has 5 nitrogen and oxygen atoms in total. The molecule has 0 aliphatic carbocycles. The smallest absolute Gasteiger partial charge is 0.244 e. The molecule has 0 saturated carbocycles. The van der Waals surface area contributed by atoms with E-state index in [2.05, 4.69) is 5.32 Å². The lowest BCUT2D eigenvalue weighted by atomic mass is 10.1. The average Bonchev–Trinajstić information content (AvgIpc) is 2.68. The summed E-state index contributed by atoms with van der Waals surface area (Å²) in [7, 11) is 1.90. The van der Waals surface area contributed by atoms with Crippen molar-refractivity contribution in [2.24, 2.45) is 0 Å². The van der Waals surface area contributed by atoms with Crippen LogP contribution in [0.25, 0.3) is 16.8 Å². The number of benzene rings is 2. The van der Waals surface area contributed by atoms with Crippen LogP contribution in [0.15, 0.2) is 48.5 Å². The summed E-state index contributed by atoms with van der Waals surface area (Å²) in [6, 6.07) is 13.6. The van der Waals surface area contributed by atoms with Gasteiger partial charge in [0.2, 0.25) is 5.91 Å². The number of likely N-dealkylation sites (N-methyl/N-ethyl adjacent to an activating group) is 1. The van der Waals surface area contributed by atoms with E-state index in [4.69, 9.17) is 0 Å². The molecule has 148 valence electrons. The van der Waals surface area contributed by atoms with E-state index in [1.807, 2.05) is 54.4 Å². The standard InChI is InChI=1S/C23H28N2O3/c1-18(27)16-25(2)14-6-5-9-22(17-26)24-23(28)13-11-19-10-12-20-7-3-4-8-21(20)15-19/h3-4,7-8,10-13,15,17,22H,5-6,9,14,16H2,1-2H3,(H,24,28)/b13-11+. The summed E-state index contributed by atoms with van der Waals surface area (Å²) >= 11 is 0. The first-order chi connectivity index (χ1) is 13.5. The Labute approximate surface area is 166 Å². The molecular weight excluding hydrogens is 352 g/mol. The van der Waals surface area contributed by atoms with Gasteiger partial charge in [-0.3, -0.25) is 14.5 Å². The molecule has 0 fully saturated rings. The molecule has 0 aliphatic heterocycles. The van der Waals surface area contributed by atoms with Crippen LogP contribution in [0.5, 0.6) is 0 Å². The fraction of sp³-hybridized carbons (Fsp3) is 0.348. The maximum Gasteiger partial charge on any atom is 0.244 e. The minimum absolute atomic E-state index is 0.138. The van der Waals surface area contributed by atoms with E-state index < -0.39 is 6.04 Å². The van der Waals surface area contributed by atoms with Gasteiger partial charge < -0.3 is 10.1 Å². The fourth-order valence-corrected chi connectivity index (χ4v) is 3.09. The molecule has 5 heteroatoms. The Morgan fingerprint density at radius 1 is 1.11 bits per heavy atom. The summed E-state index contributed by atoms with van der Waals surface area (Å²) in [5.74, 6) is -0.141. The highest BCUT2D eigenvalue weighted by atomic mass is 16.2. The van der Waals surface area contributed by atoms with Gasteiger partial charge in [0.05, 0.1) is 12.6 Å². The van der Waals surface area contributed by atoms with Crippen LogP contribution in [0.3, 0.4) is 0 Å². The lowest BCUT2D eigenvalue weighted by molar-refractivity contribution is -0.120. The van der Waals surface area contributed by atoms with E-state index in [-0.39, 0.29) is 11.7 Å². The number of nitrogens with zero attached hydrogens (tertiary/aromatic N) is 1. The molecule has 0 aromatic heterocycles. The minimum atomic E-state index is -0.494. The molecule has 0 saturated heterocycles. The van der Waals surface area contributed by atoms with Crippen LogP contribution in [0.4, 0.5) is 0 Å². The first kappa shape index (κ1) is 21.5. The first-order valence-electron chi connectivity index (χ1n) is 9.58. The lowest BCUT2D eigenvalue weighted by Gasteiger charge is -2.15. The van der Waals surface area contributed by atoms with Gasteiger partial charge in [-0.1, -0.05) is 36.4 Å². The fourth-order valence-electron chi connectivity index (χ4n) is 3.09. The number of hydrogen-bond acceptors (Lipinski definition) is 4. The van der Waals surface area contributed by atoms with Crippen molar-refractivity contribution in [1.29, 1.82) is 0 Å². The topological polar surface area (TPSA) is 66.5 Å². The number of carbonyl (C=O) groups excluding carboxylic acids is 3. The van der Waals surface area contributed by atoms with Gasteiger partial charge in [0.1, 0.15) is 12.1 Å². The van der Waals surface area contributed by atoms with E-state index in [1.165, 1.54) is 6.08 Å². The summed E-state index contributed by atoms with van der Waals surface area (Å²) in [5, 5.41) is 5.00. The summed E-state index contributed by atoms with van der Waals surface area (Å²) in [4.78, 5) is 36.4. The Hall–Kier alpha value is -2.79. The van der Waals surface area contributed by atoms with Gasteiger partial charge in [0, 0.05) is 6.08 Å². The van der Waals surface area contributed by atoms with Crippen molar-refractivity contribution in [3.8, 4) is 0 Å². The predicted octanol–water partition coefficient (Wildman–Crippen LogP) is 3.23. The van der Waals surface area contributed by atoms with E-state index in [1.54, 1.807) is 13.0 Å². The van der Waals surface area contributed by atoms with Crippen molar-refractivity contribution in [2.75, 3.05) is 20.1 Å². The molecule has 2 aromatic rings. The zero-order valence-electron chi connectivity index (χ0n) is 16.6. The van der Waals surface area contributed by atoms with Gasteiger partial charge in [-0.15, -0.1) is 0 Å². The van der Waals surface area contributed by atoms with Crippen LogP contribution >= 0.6 is 0 Å². The zero-order valence-corrected chi connectivity index (χ0v) is 16.6. The molecular formula is C23H28N2O3. The molecule has 1 amide bonds. The van der Waals surface area contributed by atoms with E-state index >= 15 is 0 Å². The minimum Gasteiger partial charge on any atom is -0.343 e. The van der Waals surface area contributed by atoms with Crippen LogP contribution in [-0.4, -0.2) is 49.1 Å². The Morgan fingerprint density at radius 2 is 1.86 bits per heavy atom. The number of fused-ring (bicyclic) bond motifs is 1. The molecule has 1 N–H and O–H groups in total. The van der Waals surface area contributed by atoms with Crippen molar-refractivity contribution >= 4 is 34.8 Å². The second kappa shape index (κ2) is 11.1. The lowest BCUT2D eigenvalue weighted by Crippen LogP contribution is -2.35.